The maximum absolute atomic E-state index is 13.2. The number of benzene rings is 3. The van der Waals surface area contributed by atoms with Gasteiger partial charge in [-0.2, -0.15) is 0 Å². The van der Waals surface area contributed by atoms with Gasteiger partial charge < -0.3 is 20.7 Å². The van der Waals surface area contributed by atoms with E-state index >= 15 is 0 Å². The van der Waals surface area contributed by atoms with E-state index < -0.39 is 6.04 Å². The Balaban J connectivity index is 1.53. The third kappa shape index (κ3) is 5.13. The molecule has 0 saturated heterocycles. The first-order valence-corrected chi connectivity index (χ1v) is 10.5. The molecule has 5 nitrogen and oxygen atoms in total. The molecule has 3 aromatic carbocycles. The number of phenols is 1. The molecule has 4 rings (SSSR count). The summed E-state index contributed by atoms with van der Waals surface area (Å²) in [6.45, 7) is 2.47. The van der Waals surface area contributed by atoms with Gasteiger partial charge in [-0.05, 0) is 48.2 Å². The Morgan fingerprint density at radius 3 is 2.58 bits per heavy atom. The number of hydrogen-bond donors (Lipinski definition) is 4. The van der Waals surface area contributed by atoms with Crippen LogP contribution in [-0.4, -0.2) is 22.0 Å². The van der Waals surface area contributed by atoms with Crippen molar-refractivity contribution in [1.29, 1.82) is 0 Å². The quantitative estimate of drug-likeness (QED) is 0.345. The summed E-state index contributed by atoms with van der Waals surface area (Å²) in [6, 6.07) is 24.6. The zero-order valence-corrected chi connectivity index (χ0v) is 17.5. The molecule has 1 amide bonds. The van der Waals surface area contributed by atoms with Crippen molar-refractivity contribution in [3.8, 4) is 5.75 Å². The van der Waals surface area contributed by atoms with Gasteiger partial charge in [-0.25, -0.2) is 0 Å². The van der Waals surface area contributed by atoms with Crippen LogP contribution in [0.15, 0.2) is 85.1 Å². The summed E-state index contributed by atoms with van der Waals surface area (Å²) in [4.78, 5) is 16.5. The van der Waals surface area contributed by atoms with Crippen molar-refractivity contribution in [2.24, 2.45) is 0 Å². The number of nitrogens with one attached hydrogen (secondary N) is 3. The summed E-state index contributed by atoms with van der Waals surface area (Å²) in [5.41, 5.74) is 4.14. The number of amides is 1. The maximum atomic E-state index is 13.2. The molecule has 0 spiro atoms. The van der Waals surface area contributed by atoms with Crippen LogP contribution in [0.5, 0.6) is 5.75 Å². The van der Waals surface area contributed by atoms with Crippen molar-refractivity contribution >= 4 is 16.8 Å². The monoisotopic (exact) mass is 413 g/mol. The number of H-pyrrole nitrogens is 1. The number of hydrogen-bond acceptors (Lipinski definition) is 3. The second-order valence-corrected chi connectivity index (χ2v) is 7.81. The molecule has 0 aliphatic carbocycles. The predicted octanol–water partition coefficient (Wildman–Crippen LogP) is 4.45. The lowest BCUT2D eigenvalue weighted by molar-refractivity contribution is -0.123. The standard InChI is InChI=1S/C26H27N3O2/c1-18(20-9-3-2-4-10-20)29-26(31)25(27-16-19-8-7-11-22(30)14-19)15-21-17-28-24-13-6-5-12-23(21)24/h2-14,17-18,25,27-28,30H,15-16H2,1H3,(H,29,31)/t18-,25?/m0/s1. The molecule has 0 aliphatic heterocycles. The fraction of sp³-hybridized carbons (Fsp3) is 0.192. The van der Waals surface area contributed by atoms with Crippen molar-refractivity contribution in [2.75, 3.05) is 0 Å². The number of aromatic amines is 1. The van der Waals surface area contributed by atoms with Crippen LogP contribution in [0.1, 0.15) is 29.7 Å². The van der Waals surface area contributed by atoms with Crippen LogP contribution < -0.4 is 10.6 Å². The summed E-state index contributed by atoms with van der Waals surface area (Å²) >= 11 is 0. The lowest BCUT2D eigenvalue weighted by Crippen LogP contribution is -2.46. The number of phenolic OH excluding ortho intramolecular Hbond substituents is 1. The van der Waals surface area contributed by atoms with Crippen LogP contribution >= 0.6 is 0 Å². The topological polar surface area (TPSA) is 77.2 Å². The molecule has 0 bridgehead atoms. The minimum atomic E-state index is -0.423. The van der Waals surface area contributed by atoms with Gasteiger partial charge in [-0.3, -0.25) is 4.79 Å². The molecule has 0 fully saturated rings. The minimum absolute atomic E-state index is 0.0539. The lowest BCUT2D eigenvalue weighted by atomic mass is 10.0. The Labute approximate surface area is 182 Å². The lowest BCUT2D eigenvalue weighted by Gasteiger charge is -2.22. The molecule has 158 valence electrons. The molecule has 1 heterocycles. The van der Waals surface area contributed by atoms with Crippen molar-refractivity contribution in [3.05, 3.63) is 102 Å². The molecule has 0 radical (unpaired) electrons. The Bertz CT molecular complexity index is 1150. The molecule has 4 aromatic rings. The average molecular weight is 414 g/mol. The molecule has 1 unspecified atom stereocenters. The van der Waals surface area contributed by atoms with Crippen molar-refractivity contribution in [3.63, 3.8) is 0 Å². The normalized spacial score (nSPS) is 13.1. The van der Waals surface area contributed by atoms with Crippen LogP contribution in [0.3, 0.4) is 0 Å². The zero-order chi connectivity index (χ0) is 21.6. The molecule has 2 atom stereocenters. The number of carbonyl (C=O) groups excluding carboxylic acids is 1. The first kappa shape index (κ1) is 20.7. The average Bonchev–Trinajstić information content (AvgIpc) is 3.20. The molecular weight excluding hydrogens is 386 g/mol. The Morgan fingerprint density at radius 2 is 1.77 bits per heavy atom. The van der Waals surface area contributed by atoms with Gasteiger partial charge >= 0.3 is 0 Å². The zero-order valence-electron chi connectivity index (χ0n) is 17.5. The SMILES string of the molecule is C[C@H](NC(=O)C(Cc1c[nH]c2ccccc12)NCc1cccc(O)c1)c1ccccc1. The van der Waals surface area contributed by atoms with E-state index in [2.05, 4.69) is 21.7 Å². The summed E-state index contributed by atoms with van der Waals surface area (Å²) in [6.07, 6.45) is 2.53. The van der Waals surface area contributed by atoms with Crippen LogP contribution in [0.2, 0.25) is 0 Å². The number of fused-ring (bicyclic) bond motifs is 1. The van der Waals surface area contributed by atoms with Crippen molar-refractivity contribution in [1.82, 2.24) is 15.6 Å². The van der Waals surface area contributed by atoms with Gasteiger partial charge in [0.05, 0.1) is 12.1 Å². The summed E-state index contributed by atoms with van der Waals surface area (Å²) < 4.78 is 0. The Kier molecular flexibility index (Phi) is 6.34. The van der Waals surface area contributed by atoms with Crippen molar-refractivity contribution in [2.45, 2.75) is 32.0 Å². The van der Waals surface area contributed by atoms with E-state index in [0.717, 1.165) is 27.6 Å². The summed E-state index contributed by atoms with van der Waals surface area (Å²) in [5, 5.41) is 17.4. The highest BCUT2D eigenvalue weighted by Gasteiger charge is 2.22. The van der Waals surface area contributed by atoms with Crippen LogP contribution in [0, 0.1) is 0 Å². The molecule has 4 N–H and O–H groups in total. The fourth-order valence-electron chi connectivity index (χ4n) is 3.82. The predicted molar refractivity (Wildman–Crippen MR) is 124 cm³/mol. The number of aromatic hydroxyl groups is 1. The summed E-state index contributed by atoms with van der Waals surface area (Å²) in [5.74, 6) is 0.163. The van der Waals surface area contributed by atoms with Gasteiger partial charge in [-0.1, -0.05) is 60.7 Å². The minimum Gasteiger partial charge on any atom is -0.508 e. The molecule has 5 heteroatoms. The third-order valence-electron chi connectivity index (χ3n) is 5.54. The van der Waals surface area contributed by atoms with E-state index in [0.29, 0.717) is 13.0 Å². The highest BCUT2D eigenvalue weighted by Crippen LogP contribution is 2.20. The first-order valence-electron chi connectivity index (χ1n) is 10.5. The third-order valence-corrected chi connectivity index (χ3v) is 5.54. The van der Waals surface area contributed by atoms with Crippen LogP contribution in [-0.2, 0) is 17.8 Å². The highest BCUT2D eigenvalue weighted by atomic mass is 16.3. The number of carbonyl (C=O) groups is 1. The number of para-hydroxylation sites is 1. The van der Waals surface area contributed by atoms with Crippen molar-refractivity contribution < 1.29 is 9.90 Å². The van der Waals surface area contributed by atoms with Gasteiger partial charge in [0, 0.05) is 23.6 Å². The van der Waals surface area contributed by atoms with Gasteiger partial charge in [0.2, 0.25) is 5.91 Å². The van der Waals surface area contributed by atoms with Crippen LogP contribution in [0.4, 0.5) is 0 Å². The second-order valence-electron chi connectivity index (χ2n) is 7.81. The van der Waals surface area contributed by atoms with E-state index in [1.54, 1.807) is 18.2 Å². The van der Waals surface area contributed by atoms with Gasteiger partial charge in [0.1, 0.15) is 5.75 Å². The van der Waals surface area contributed by atoms with Crippen LogP contribution in [0.25, 0.3) is 10.9 Å². The molecule has 1 aromatic heterocycles. The van der Waals surface area contributed by atoms with E-state index in [1.807, 2.05) is 67.7 Å². The Hall–Kier alpha value is -3.57. The van der Waals surface area contributed by atoms with Gasteiger partial charge in [0.25, 0.3) is 0 Å². The molecule has 31 heavy (non-hydrogen) atoms. The Morgan fingerprint density at radius 1 is 1.00 bits per heavy atom. The largest absolute Gasteiger partial charge is 0.508 e. The molecular formula is C26H27N3O2. The molecule has 0 saturated carbocycles. The highest BCUT2D eigenvalue weighted by molar-refractivity contribution is 5.86. The van der Waals surface area contributed by atoms with E-state index in [9.17, 15) is 9.90 Å². The smallest absolute Gasteiger partial charge is 0.237 e. The maximum Gasteiger partial charge on any atom is 0.237 e. The second kappa shape index (κ2) is 9.49. The fourth-order valence-corrected chi connectivity index (χ4v) is 3.82. The van der Waals surface area contributed by atoms with Gasteiger partial charge in [0.15, 0.2) is 0 Å². The van der Waals surface area contributed by atoms with E-state index in [-0.39, 0.29) is 17.7 Å². The van der Waals surface area contributed by atoms with E-state index in [1.165, 1.54) is 0 Å². The number of rotatable bonds is 8. The first-order chi connectivity index (χ1) is 15.1. The van der Waals surface area contributed by atoms with E-state index in [4.69, 9.17) is 0 Å². The van der Waals surface area contributed by atoms with Gasteiger partial charge in [-0.15, -0.1) is 0 Å². The summed E-state index contributed by atoms with van der Waals surface area (Å²) in [7, 11) is 0. The molecule has 0 aliphatic rings. The number of aromatic nitrogens is 1.